The van der Waals surface area contributed by atoms with Crippen LogP contribution in [-0.2, 0) is 13.5 Å². The third-order valence-electron chi connectivity index (χ3n) is 3.90. The lowest BCUT2D eigenvalue weighted by atomic mass is 9.97. The molecule has 0 saturated carbocycles. The lowest BCUT2D eigenvalue weighted by Gasteiger charge is -2.11. The van der Waals surface area contributed by atoms with Crippen molar-refractivity contribution in [3.63, 3.8) is 0 Å². The van der Waals surface area contributed by atoms with Gasteiger partial charge in [-0.15, -0.1) is 0 Å². The highest BCUT2D eigenvalue weighted by atomic mass is 15.1. The van der Waals surface area contributed by atoms with Gasteiger partial charge in [0.2, 0.25) is 0 Å². The van der Waals surface area contributed by atoms with Gasteiger partial charge < -0.3 is 4.57 Å². The summed E-state index contributed by atoms with van der Waals surface area (Å²) in [4.78, 5) is 4.76. The summed E-state index contributed by atoms with van der Waals surface area (Å²) in [5, 5.41) is 0. The van der Waals surface area contributed by atoms with Crippen molar-refractivity contribution in [3.8, 4) is 0 Å². The standard InChI is InChI=1S/C14H20N2/c1-7-12-15-13-10(4)8(2)9(3)11(5)14(13)16(12)6/h7H2,1-6H3. The van der Waals surface area contributed by atoms with Crippen molar-refractivity contribution in [2.75, 3.05) is 0 Å². The molecule has 16 heavy (non-hydrogen) atoms. The van der Waals surface area contributed by atoms with Crippen LogP contribution in [0.2, 0.25) is 0 Å². The number of nitrogens with zero attached hydrogens (tertiary/aromatic N) is 2. The lowest BCUT2D eigenvalue weighted by Crippen LogP contribution is -1.98. The summed E-state index contributed by atoms with van der Waals surface area (Å²) in [5.41, 5.74) is 7.96. The molecule has 0 aliphatic heterocycles. The Labute approximate surface area is 97.3 Å². The highest BCUT2D eigenvalue weighted by Crippen LogP contribution is 2.28. The SMILES string of the molecule is CCc1nc2c(C)c(C)c(C)c(C)c2n1C. The van der Waals surface area contributed by atoms with Gasteiger partial charge in [-0.05, 0) is 49.9 Å². The van der Waals surface area contributed by atoms with Crippen molar-refractivity contribution in [1.29, 1.82) is 0 Å². The number of rotatable bonds is 1. The zero-order chi connectivity index (χ0) is 12.0. The molecule has 1 aromatic heterocycles. The van der Waals surface area contributed by atoms with Gasteiger partial charge >= 0.3 is 0 Å². The van der Waals surface area contributed by atoms with Crippen LogP contribution in [0.15, 0.2) is 0 Å². The van der Waals surface area contributed by atoms with Crippen molar-refractivity contribution in [2.24, 2.45) is 7.05 Å². The Kier molecular flexibility index (Phi) is 2.53. The predicted molar refractivity (Wildman–Crippen MR) is 69.0 cm³/mol. The van der Waals surface area contributed by atoms with Crippen molar-refractivity contribution in [3.05, 3.63) is 28.1 Å². The van der Waals surface area contributed by atoms with Gasteiger partial charge in [0.15, 0.2) is 0 Å². The van der Waals surface area contributed by atoms with Gasteiger partial charge in [0.1, 0.15) is 5.82 Å². The average Bonchev–Trinajstić information content (AvgIpc) is 2.61. The zero-order valence-electron chi connectivity index (χ0n) is 11.1. The van der Waals surface area contributed by atoms with Crippen LogP contribution in [0.3, 0.4) is 0 Å². The second-order valence-corrected chi connectivity index (χ2v) is 4.64. The molecule has 0 unspecified atom stereocenters. The molecule has 0 saturated heterocycles. The van der Waals surface area contributed by atoms with Crippen LogP contribution in [-0.4, -0.2) is 9.55 Å². The van der Waals surface area contributed by atoms with E-state index in [1.165, 1.54) is 39.1 Å². The number of aromatic nitrogens is 2. The van der Waals surface area contributed by atoms with E-state index in [-0.39, 0.29) is 0 Å². The second kappa shape index (κ2) is 3.62. The third kappa shape index (κ3) is 1.29. The molecule has 2 nitrogen and oxygen atoms in total. The Morgan fingerprint density at radius 2 is 1.50 bits per heavy atom. The molecule has 0 aliphatic carbocycles. The highest BCUT2D eigenvalue weighted by Gasteiger charge is 2.15. The van der Waals surface area contributed by atoms with Gasteiger partial charge in [0, 0.05) is 13.5 Å². The van der Waals surface area contributed by atoms with Crippen LogP contribution in [0.5, 0.6) is 0 Å². The summed E-state index contributed by atoms with van der Waals surface area (Å²) in [6, 6.07) is 0. The minimum absolute atomic E-state index is 0.988. The van der Waals surface area contributed by atoms with E-state index in [0.717, 1.165) is 6.42 Å². The molecule has 1 aromatic carbocycles. The molecule has 0 atom stereocenters. The molecule has 0 amide bonds. The predicted octanol–water partition coefficient (Wildman–Crippen LogP) is 3.37. The van der Waals surface area contributed by atoms with E-state index < -0.39 is 0 Å². The van der Waals surface area contributed by atoms with Crippen LogP contribution in [0.1, 0.15) is 35.0 Å². The van der Waals surface area contributed by atoms with Crippen LogP contribution >= 0.6 is 0 Å². The van der Waals surface area contributed by atoms with Crippen LogP contribution in [0, 0.1) is 27.7 Å². The number of fused-ring (bicyclic) bond motifs is 1. The van der Waals surface area contributed by atoms with E-state index in [9.17, 15) is 0 Å². The number of aryl methyl sites for hydroxylation is 4. The number of imidazole rings is 1. The zero-order valence-corrected chi connectivity index (χ0v) is 11.1. The molecule has 2 heteroatoms. The van der Waals surface area contributed by atoms with Crippen LogP contribution in [0.25, 0.3) is 11.0 Å². The molecule has 0 spiro atoms. The summed E-state index contributed by atoms with van der Waals surface area (Å²) in [6.07, 6.45) is 0.988. The summed E-state index contributed by atoms with van der Waals surface area (Å²) >= 11 is 0. The molecule has 0 fully saturated rings. The smallest absolute Gasteiger partial charge is 0.109 e. The van der Waals surface area contributed by atoms with Crippen LogP contribution in [0.4, 0.5) is 0 Å². The quantitative estimate of drug-likeness (QED) is 0.714. The first-order valence-electron chi connectivity index (χ1n) is 5.90. The first kappa shape index (κ1) is 11.2. The van der Waals surface area contributed by atoms with E-state index in [0.29, 0.717) is 0 Å². The van der Waals surface area contributed by atoms with E-state index in [1.54, 1.807) is 0 Å². The summed E-state index contributed by atoms with van der Waals surface area (Å²) < 4.78 is 2.24. The Bertz CT molecular complexity index is 562. The maximum Gasteiger partial charge on any atom is 0.109 e. The first-order chi connectivity index (χ1) is 7.49. The average molecular weight is 216 g/mol. The molecule has 0 bridgehead atoms. The van der Waals surface area contributed by atoms with Gasteiger partial charge in [-0.1, -0.05) is 6.92 Å². The van der Waals surface area contributed by atoms with Gasteiger partial charge in [-0.25, -0.2) is 4.98 Å². The molecule has 2 rings (SSSR count). The third-order valence-corrected chi connectivity index (χ3v) is 3.90. The van der Waals surface area contributed by atoms with E-state index >= 15 is 0 Å². The molecule has 0 radical (unpaired) electrons. The Hall–Kier alpha value is -1.31. The number of benzene rings is 1. The van der Waals surface area contributed by atoms with E-state index in [1.807, 2.05) is 0 Å². The van der Waals surface area contributed by atoms with E-state index in [4.69, 9.17) is 4.98 Å². The summed E-state index contributed by atoms with van der Waals surface area (Å²) in [6.45, 7) is 10.9. The van der Waals surface area contributed by atoms with E-state index in [2.05, 4.69) is 46.2 Å². The van der Waals surface area contributed by atoms with Crippen LogP contribution < -0.4 is 0 Å². The Morgan fingerprint density at radius 1 is 0.938 bits per heavy atom. The fraction of sp³-hybridized carbons (Fsp3) is 0.500. The monoisotopic (exact) mass is 216 g/mol. The minimum Gasteiger partial charge on any atom is -0.331 e. The molecular weight excluding hydrogens is 196 g/mol. The molecular formula is C14H20N2. The fourth-order valence-electron chi connectivity index (χ4n) is 2.47. The van der Waals surface area contributed by atoms with Gasteiger partial charge in [0.25, 0.3) is 0 Å². The fourth-order valence-corrected chi connectivity index (χ4v) is 2.47. The normalized spacial score (nSPS) is 11.4. The van der Waals surface area contributed by atoms with Gasteiger partial charge in [-0.3, -0.25) is 0 Å². The summed E-state index contributed by atoms with van der Waals surface area (Å²) in [7, 11) is 2.12. The first-order valence-corrected chi connectivity index (χ1v) is 5.90. The summed E-state index contributed by atoms with van der Waals surface area (Å²) in [5.74, 6) is 1.17. The molecule has 2 aromatic rings. The number of hydrogen-bond donors (Lipinski definition) is 0. The number of hydrogen-bond acceptors (Lipinski definition) is 1. The Balaban J connectivity index is 3.00. The molecule has 0 aliphatic rings. The minimum atomic E-state index is 0.988. The Morgan fingerprint density at radius 3 is 2.06 bits per heavy atom. The maximum absolute atomic E-state index is 4.76. The molecule has 86 valence electrons. The van der Waals surface area contributed by atoms with Crippen molar-refractivity contribution < 1.29 is 0 Å². The molecule has 0 N–H and O–H groups in total. The lowest BCUT2D eigenvalue weighted by molar-refractivity contribution is 0.827. The second-order valence-electron chi connectivity index (χ2n) is 4.64. The van der Waals surface area contributed by atoms with Crippen molar-refractivity contribution in [2.45, 2.75) is 41.0 Å². The van der Waals surface area contributed by atoms with Crippen molar-refractivity contribution >= 4 is 11.0 Å². The van der Waals surface area contributed by atoms with Crippen molar-refractivity contribution in [1.82, 2.24) is 9.55 Å². The maximum atomic E-state index is 4.76. The molecule has 1 heterocycles. The highest BCUT2D eigenvalue weighted by molar-refractivity contribution is 5.85. The van der Waals surface area contributed by atoms with Gasteiger partial charge in [0.05, 0.1) is 11.0 Å². The van der Waals surface area contributed by atoms with Gasteiger partial charge in [-0.2, -0.15) is 0 Å². The topological polar surface area (TPSA) is 17.8 Å². The largest absolute Gasteiger partial charge is 0.331 e.